The van der Waals surface area contributed by atoms with Crippen molar-refractivity contribution in [3.05, 3.63) is 70.7 Å². The van der Waals surface area contributed by atoms with Gasteiger partial charge in [-0.15, -0.1) is 11.3 Å². The molecule has 0 bridgehead atoms. The maximum Gasteiger partial charge on any atom is 0.322 e. The summed E-state index contributed by atoms with van der Waals surface area (Å²) in [7, 11) is 0. The van der Waals surface area contributed by atoms with E-state index in [2.05, 4.69) is 15.6 Å². The number of phenols is 1. The Bertz CT molecular complexity index is 1190. The highest BCUT2D eigenvalue weighted by atomic mass is 32.1. The maximum absolute atomic E-state index is 12.9. The van der Waals surface area contributed by atoms with Gasteiger partial charge in [-0.25, -0.2) is 4.79 Å². The predicted octanol–water partition coefficient (Wildman–Crippen LogP) is 2.21. The molecule has 0 saturated carbocycles. The Hall–Kier alpha value is -3.72. The molecule has 1 unspecified atom stereocenters. The normalized spacial score (nSPS) is 20.3. The van der Waals surface area contributed by atoms with Gasteiger partial charge in [-0.1, -0.05) is 12.1 Å². The molecule has 1 saturated heterocycles. The Kier molecular flexibility index (Phi) is 4.07. The second-order valence-corrected chi connectivity index (χ2v) is 8.28. The Balaban J connectivity index is 1.51. The van der Waals surface area contributed by atoms with Crippen LogP contribution in [0.25, 0.3) is 10.6 Å². The number of benzene rings is 1. The van der Waals surface area contributed by atoms with Gasteiger partial charge in [-0.3, -0.25) is 19.9 Å². The lowest BCUT2D eigenvalue weighted by Crippen LogP contribution is -2.52. The van der Waals surface area contributed by atoms with Gasteiger partial charge >= 0.3 is 6.03 Å². The van der Waals surface area contributed by atoms with Crippen LogP contribution in [-0.4, -0.2) is 39.4 Å². The van der Waals surface area contributed by atoms with Crippen LogP contribution in [0.3, 0.4) is 0 Å². The van der Waals surface area contributed by atoms with Crippen LogP contribution in [0.5, 0.6) is 5.75 Å². The molecule has 0 aliphatic carbocycles. The fourth-order valence-electron chi connectivity index (χ4n) is 3.83. The number of urea groups is 1. The number of imide groups is 1. The number of hydrogen-bond acceptors (Lipinski definition) is 6. The number of pyridine rings is 1. The molecule has 3 N–H and O–H groups in total. The fourth-order valence-corrected chi connectivity index (χ4v) is 4.95. The molecule has 0 radical (unpaired) electrons. The standard InChI is InChI=1S/C21H16N4O4S/c26-13-5-4-12-10-25(18(27)14(12)9-13)11-21(19(28)23-20(29)24-21)17-7-6-16(30-17)15-3-1-2-8-22-15/h1-9,26H,10-11H2,(H2,23,24,28,29). The van der Waals surface area contributed by atoms with Crippen LogP contribution in [0.15, 0.2) is 54.7 Å². The van der Waals surface area contributed by atoms with E-state index in [1.165, 1.54) is 28.4 Å². The molecule has 0 spiro atoms. The monoisotopic (exact) mass is 420 g/mol. The number of rotatable bonds is 4. The molecule has 5 rings (SSSR count). The first-order valence-electron chi connectivity index (χ1n) is 9.23. The first kappa shape index (κ1) is 18.3. The van der Waals surface area contributed by atoms with E-state index in [4.69, 9.17) is 0 Å². The molecule has 2 aliphatic rings. The highest BCUT2D eigenvalue weighted by molar-refractivity contribution is 7.15. The zero-order valence-corrected chi connectivity index (χ0v) is 16.4. The number of thiophene rings is 1. The number of amides is 4. The summed E-state index contributed by atoms with van der Waals surface area (Å²) >= 11 is 1.34. The molecule has 4 amide bonds. The Labute approximate surface area is 175 Å². The van der Waals surface area contributed by atoms with Crippen LogP contribution in [0, 0.1) is 0 Å². The average molecular weight is 420 g/mol. The Morgan fingerprint density at radius 3 is 2.73 bits per heavy atom. The lowest BCUT2D eigenvalue weighted by Gasteiger charge is -2.30. The summed E-state index contributed by atoms with van der Waals surface area (Å²) < 4.78 is 0. The third-order valence-corrected chi connectivity index (χ3v) is 6.56. The predicted molar refractivity (Wildman–Crippen MR) is 109 cm³/mol. The first-order valence-corrected chi connectivity index (χ1v) is 10.0. The number of hydrogen-bond donors (Lipinski definition) is 3. The molecule has 2 aliphatic heterocycles. The van der Waals surface area contributed by atoms with E-state index in [1.54, 1.807) is 18.3 Å². The van der Waals surface area contributed by atoms with Crippen LogP contribution in [0.2, 0.25) is 0 Å². The fraction of sp³-hybridized carbons (Fsp3) is 0.143. The van der Waals surface area contributed by atoms with Gasteiger partial charge in [0.2, 0.25) is 0 Å². The van der Waals surface area contributed by atoms with Crippen molar-refractivity contribution in [2.75, 3.05) is 6.54 Å². The minimum absolute atomic E-state index is 0.00355. The van der Waals surface area contributed by atoms with Crippen molar-refractivity contribution in [2.45, 2.75) is 12.1 Å². The average Bonchev–Trinajstić information content (AvgIpc) is 3.41. The van der Waals surface area contributed by atoms with Gasteiger partial charge in [0.15, 0.2) is 5.54 Å². The summed E-state index contributed by atoms with van der Waals surface area (Å²) in [6, 6.07) is 13.2. The lowest BCUT2D eigenvalue weighted by atomic mass is 9.96. The van der Waals surface area contributed by atoms with Crippen molar-refractivity contribution in [3.8, 4) is 16.3 Å². The van der Waals surface area contributed by atoms with E-state index < -0.39 is 17.5 Å². The van der Waals surface area contributed by atoms with Crippen LogP contribution in [-0.2, 0) is 16.9 Å². The number of phenolic OH excluding ortho intramolecular Hbond substituents is 1. The van der Waals surface area contributed by atoms with E-state index in [9.17, 15) is 19.5 Å². The minimum Gasteiger partial charge on any atom is -0.508 e. The van der Waals surface area contributed by atoms with Crippen molar-refractivity contribution >= 4 is 29.2 Å². The van der Waals surface area contributed by atoms with Gasteiger partial charge in [-0.05, 0) is 42.0 Å². The highest BCUT2D eigenvalue weighted by Crippen LogP contribution is 2.37. The number of aromatic nitrogens is 1. The lowest BCUT2D eigenvalue weighted by molar-refractivity contribution is -0.124. The highest BCUT2D eigenvalue weighted by Gasteiger charge is 2.51. The van der Waals surface area contributed by atoms with Crippen molar-refractivity contribution in [1.82, 2.24) is 20.5 Å². The molecule has 9 heteroatoms. The maximum atomic E-state index is 12.9. The molecule has 1 fully saturated rings. The van der Waals surface area contributed by atoms with Gasteiger partial charge < -0.3 is 15.3 Å². The first-order chi connectivity index (χ1) is 14.5. The van der Waals surface area contributed by atoms with Crippen LogP contribution >= 0.6 is 11.3 Å². The molecule has 1 aromatic carbocycles. The third kappa shape index (κ3) is 2.82. The zero-order valence-electron chi connectivity index (χ0n) is 15.6. The molecule has 1 atom stereocenters. The zero-order chi connectivity index (χ0) is 20.9. The molecule has 2 aromatic heterocycles. The molecular formula is C21H16N4O4S. The summed E-state index contributed by atoms with van der Waals surface area (Å²) in [4.78, 5) is 45.1. The largest absolute Gasteiger partial charge is 0.508 e. The van der Waals surface area contributed by atoms with Gasteiger partial charge in [-0.2, -0.15) is 0 Å². The summed E-state index contributed by atoms with van der Waals surface area (Å²) in [5, 5.41) is 14.7. The van der Waals surface area contributed by atoms with Crippen molar-refractivity contribution < 1.29 is 19.5 Å². The number of carbonyl (C=O) groups excluding carboxylic acids is 3. The van der Waals surface area contributed by atoms with E-state index >= 15 is 0 Å². The number of nitrogens with one attached hydrogen (secondary N) is 2. The van der Waals surface area contributed by atoms with Gasteiger partial charge in [0.05, 0.1) is 17.1 Å². The van der Waals surface area contributed by atoms with Gasteiger partial charge in [0.1, 0.15) is 5.75 Å². The molecule has 150 valence electrons. The van der Waals surface area contributed by atoms with E-state index in [0.717, 1.165) is 16.1 Å². The van der Waals surface area contributed by atoms with E-state index in [0.29, 0.717) is 10.4 Å². The molecule has 4 heterocycles. The van der Waals surface area contributed by atoms with Gasteiger partial charge in [0, 0.05) is 23.2 Å². The topological polar surface area (TPSA) is 112 Å². The summed E-state index contributed by atoms with van der Waals surface area (Å²) in [6.45, 7) is 0.263. The number of nitrogens with zero attached hydrogens (tertiary/aromatic N) is 2. The van der Waals surface area contributed by atoms with E-state index in [-0.39, 0.29) is 24.7 Å². The minimum atomic E-state index is -1.39. The van der Waals surface area contributed by atoms with Crippen LogP contribution < -0.4 is 10.6 Å². The Morgan fingerprint density at radius 2 is 2.00 bits per heavy atom. The quantitative estimate of drug-likeness (QED) is 0.561. The Morgan fingerprint density at radius 1 is 1.13 bits per heavy atom. The summed E-state index contributed by atoms with van der Waals surface area (Å²) in [6.07, 6.45) is 1.68. The number of aromatic hydroxyl groups is 1. The van der Waals surface area contributed by atoms with Crippen molar-refractivity contribution in [3.63, 3.8) is 0 Å². The van der Waals surface area contributed by atoms with E-state index in [1.807, 2.05) is 24.3 Å². The molecular weight excluding hydrogens is 404 g/mol. The van der Waals surface area contributed by atoms with Gasteiger partial charge in [0.25, 0.3) is 11.8 Å². The van der Waals surface area contributed by atoms with Crippen molar-refractivity contribution in [2.24, 2.45) is 0 Å². The summed E-state index contributed by atoms with van der Waals surface area (Å²) in [5.74, 6) is -0.798. The van der Waals surface area contributed by atoms with Crippen molar-refractivity contribution in [1.29, 1.82) is 0 Å². The molecule has 30 heavy (non-hydrogen) atoms. The smallest absolute Gasteiger partial charge is 0.322 e. The second kappa shape index (κ2) is 6.67. The SMILES string of the molecule is O=C1NC(=O)C(CN2Cc3ccc(O)cc3C2=O)(c2ccc(-c3ccccn3)s2)N1. The summed E-state index contributed by atoms with van der Waals surface area (Å²) in [5.41, 5.74) is 0.524. The second-order valence-electron chi connectivity index (χ2n) is 7.20. The van der Waals surface area contributed by atoms with Crippen LogP contribution in [0.4, 0.5) is 4.79 Å². The molecule has 3 aromatic rings. The van der Waals surface area contributed by atoms with Crippen LogP contribution in [0.1, 0.15) is 20.8 Å². The molecule has 8 nitrogen and oxygen atoms in total. The number of fused-ring (bicyclic) bond motifs is 1. The number of carbonyl (C=O) groups is 3. The third-order valence-electron chi connectivity index (χ3n) is 5.29.